The predicted octanol–water partition coefficient (Wildman–Crippen LogP) is 5.22. The fourth-order valence-electron chi connectivity index (χ4n) is 3.31. The molecule has 0 radical (unpaired) electrons. The van der Waals surface area contributed by atoms with Crippen LogP contribution in [0.25, 0.3) is 0 Å². The van der Waals surface area contributed by atoms with Gasteiger partial charge in [-0.3, -0.25) is 4.79 Å². The lowest BCUT2D eigenvalue weighted by atomic mass is 9.75. The highest BCUT2D eigenvalue weighted by Gasteiger charge is 2.36. The van der Waals surface area contributed by atoms with Gasteiger partial charge in [-0.15, -0.1) is 0 Å². The van der Waals surface area contributed by atoms with Gasteiger partial charge in [-0.25, -0.2) is 0 Å². The fourth-order valence-corrected chi connectivity index (χ4v) is 3.72. The van der Waals surface area contributed by atoms with Gasteiger partial charge in [0.2, 0.25) is 0 Å². The Bertz CT molecular complexity index is 663. The van der Waals surface area contributed by atoms with Crippen molar-refractivity contribution in [3.8, 4) is 0 Å². The molecule has 1 aliphatic rings. The lowest BCUT2D eigenvalue weighted by molar-refractivity contribution is 0.0805. The molecule has 0 saturated carbocycles. The molecule has 0 aliphatic heterocycles. The first-order valence-electron chi connectivity index (χ1n) is 7.46. The monoisotopic (exact) mass is 342 g/mol. The molecule has 0 N–H and O–H groups in total. The molecular weight excluding hydrogens is 324 g/mol. The van der Waals surface area contributed by atoms with Crippen LogP contribution in [0.5, 0.6) is 0 Å². The van der Waals surface area contributed by atoms with E-state index < -0.39 is 0 Å². The van der Waals surface area contributed by atoms with Gasteiger partial charge in [-0.2, -0.15) is 0 Å². The summed E-state index contributed by atoms with van der Waals surface area (Å²) in [7, 11) is 0. The Morgan fingerprint density at radius 2 is 1.90 bits per heavy atom. The molecule has 0 spiro atoms. The SMILES string of the molecule is CC1(Cc2ccccc2)CCCc2cc(Br)ccc2C1=O. The van der Waals surface area contributed by atoms with Crippen molar-refractivity contribution >= 4 is 21.7 Å². The van der Waals surface area contributed by atoms with E-state index in [1.165, 1.54) is 11.1 Å². The van der Waals surface area contributed by atoms with E-state index in [4.69, 9.17) is 0 Å². The summed E-state index contributed by atoms with van der Waals surface area (Å²) in [4.78, 5) is 13.1. The molecule has 0 aromatic heterocycles. The number of carbonyl (C=O) groups is 1. The van der Waals surface area contributed by atoms with Crippen molar-refractivity contribution < 1.29 is 4.79 Å². The largest absolute Gasteiger partial charge is 0.294 e. The summed E-state index contributed by atoms with van der Waals surface area (Å²) < 4.78 is 1.06. The van der Waals surface area contributed by atoms with E-state index >= 15 is 0 Å². The number of fused-ring (bicyclic) bond motifs is 1. The molecule has 0 heterocycles. The van der Waals surface area contributed by atoms with Crippen molar-refractivity contribution in [3.63, 3.8) is 0 Å². The molecule has 0 bridgehead atoms. The molecule has 3 rings (SSSR count). The van der Waals surface area contributed by atoms with E-state index in [1.807, 2.05) is 30.3 Å². The van der Waals surface area contributed by atoms with Gasteiger partial charge < -0.3 is 0 Å². The Kier molecular flexibility index (Phi) is 3.99. The van der Waals surface area contributed by atoms with Gasteiger partial charge in [0.15, 0.2) is 5.78 Å². The summed E-state index contributed by atoms with van der Waals surface area (Å²) in [5.74, 6) is 0.298. The van der Waals surface area contributed by atoms with Gasteiger partial charge in [0.1, 0.15) is 0 Å². The lowest BCUT2D eigenvalue weighted by Crippen LogP contribution is -2.29. The molecule has 0 fully saturated rings. The fraction of sp³-hybridized carbons (Fsp3) is 0.316. The Morgan fingerprint density at radius 1 is 1.14 bits per heavy atom. The quantitative estimate of drug-likeness (QED) is 0.684. The predicted molar refractivity (Wildman–Crippen MR) is 89.7 cm³/mol. The lowest BCUT2D eigenvalue weighted by Gasteiger charge is -2.27. The Hall–Kier alpha value is -1.41. The topological polar surface area (TPSA) is 17.1 Å². The molecule has 0 amide bonds. The van der Waals surface area contributed by atoms with Crippen molar-refractivity contribution in [2.45, 2.75) is 32.6 Å². The minimum atomic E-state index is -0.291. The maximum absolute atomic E-state index is 13.1. The highest BCUT2D eigenvalue weighted by molar-refractivity contribution is 9.10. The molecule has 21 heavy (non-hydrogen) atoms. The van der Waals surface area contributed by atoms with Crippen LogP contribution in [0.4, 0.5) is 0 Å². The molecule has 1 unspecified atom stereocenters. The van der Waals surface area contributed by atoms with Crippen LogP contribution >= 0.6 is 15.9 Å². The van der Waals surface area contributed by atoms with Crippen molar-refractivity contribution in [3.05, 3.63) is 69.7 Å². The maximum Gasteiger partial charge on any atom is 0.169 e. The van der Waals surface area contributed by atoms with Crippen molar-refractivity contribution in [2.75, 3.05) is 0 Å². The van der Waals surface area contributed by atoms with Crippen LogP contribution in [-0.2, 0) is 12.8 Å². The average molecular weight is 343 g/mol. The summed E-state index contributed by atoms with van der Waals surface area (Å²) in [5, 5.41) is 0. The summed E-state index contributed by atoms with van der Waals surface area (Å²) >= 11 is 3.51. The van der Waals surface area contributed by atoms with E-state index in [9.17, 15) is 4.79 Å². The number of rotatable bonds is 2. The number of hydrogen-bond acceptors (Lipinski definition) is 1. The van der Waals surface area contributed by atoms with Crippen molar-refractivity contribution in [1.82, 2.24) is 0 Å². The highest BCUT2D eigenvalue weighted by Crippen LogP contribution is 2.37. The summed E-state index contributed by atoms with van der Waals surface area (Å²) in [6, 6.07) is 16.4. The normalized spacial score (nSPS) is 21.7. The van der Waals surface area contributed by atoms with Crippen LogP contribution in [0, 0.1) is 5.41 Å². The molecule has 108 valence electrons. The first-order chi connectivity index (χ1) is 10.1. The summed E-state index contributed by atoms with van der Waals surface area (Å²) in [6.07, 6.45) is 3.83. The van der Waals surface area contributed by atoms with Gasteiger partial charge >= 0.3 is 0 Å². The number of hydrogen-bond donors (Lipinski definition) is 0. The number of benzene rings is 2. The van der Waals surface area contributed by atoms with E-state index in [0.29, 0.717) is 5.78 Å². The average Bonchev–Trinajstić information content (AvgIpc) is 2.58. The molecule has 2 heteroatoms. The Morgan fingerprint density at radius 3 is 2.67 bits per heavy atom. The van der Waals surface area contributed by atoms with E-state index in [-0.39, 0.29) is 5.41 Å². The van der Waals surface area contributed by atoms with E-state index in [1.54, 1.807) is 0 Å². The molecule has 2 aromatic rings. The van der Waals surface area contributed by atoms with Crippen LogP contribution in [-0.4, -0.2) is 5.78 Å². The zero-order valence-corrected chi connectivity index (χ0v) is 13.8. The molecular formula is C19H19BrO. The van der Waals surface area contributed by atoms with Crippen LogP contribution in [0.3, 0.4) is 0 Å². The minimum absolute atomic E-state index is 0.291. The van der Waals surface area contributed by atoms with Crippen LogP contribution in [0.1, 0.15) is 41.3 Å². The highest BCUT2D eigenvalue weighted by atomic mass is 79.9. The maximum atomic E-state index is 13.1. The third-order valence-electron chi connectivity index (χ3n) is 4.47. The summed E-state index contributed by atoms with van der Waals surface area (Å²) in [5.41, 5.74) is 3.05. The molecule has 1 atom stereocenters. The number of ketones is 1. The van der Waals surface area contributed by atoms with E-state index in [2.05, 4.69) is 41.1 Å². The molecule has 2 aromatic carbocycles. The van der Waals surface area contributed by atoms with Crippen LogP contribution in [0.2, 0.25) is 0 Å². The number of aryl methyl sites for hydroxylation is 1. The van der Waals surface area contributed by atoms with Gasteiger partial charge in [-0.05, 0) is 55.0 Å². The molecule has 0 saturated heterocycles. The number of Topliss-reactive ketones (excluding diaryl/α,β-unsaturated/α-hetero) is 1. The minimum Gasteiger partial charge on any atom is -0.294 e. The second-order valence-electron chi connectivity index (χ2n) is 6.21. The molecule has 1 aliphatic carbocycles. The second kappa shape index (κ2) is 5.76. The zero-order valence-electron chi connectivity index (χ0n) is 12.2. The second-order valence-corrected chi connectivity index (χ2v) is 7.12. The number of carbonyl (C=O) groups excluding carboxylic acids is 1. The van der Waals surface area contributed by atoms with E-state index in [0.717, 1.165) is 35.7 Å². The smallest absolute Gasteiger partial charge is 0.169 e. The van der Waals surface area contributed by atoms with Crippen molar-refractivity contribution in [1.29, 1.82) is 0 Å². The summed E-state index contributed by atoms with van der Waals surface area (Å²) in [6.45, 7) is 2.12. The third kappa shape index (κ3) is 2.96. The molecule has 1 nitrogen and oxygen atoms in total. The standard InChI is InChI=1S/C19H19BrO/c1-19(13-14-6-3-2-4-7-14)11-5-8-15-12-16(20)9-10-17(15)18(19)21/h2-4,6-7,9-10,12H,5,8,11,13H2,1H3. The van der Waals surface area contributed by atoms with Crippen LogP contribution < -0.4 is 0 Å². The Labute approximate surface area is 134 Å². The number of halogens is 1. The van der Waals surface area contributed by atoms with Gasteiger partial charge in [-0.1, -0.05) is 53.2 Å². The van der Waals surface area contributed by atoms with Gasteiger partial charge in [0, 0.05) is 15.5 Å². The third-order valence-corrected chi connectivity index (χ3v) is 4.97. The van der Waals surface area contributed by atoms with Crippen molar-refractivity contribution in [2.24, 2.45) is 5.41 Å². The first kappa shape index (κ1) is 14.5. The zero-order chi connectivity index (χ0) is 14.9. The van der Waals surface area contributed by atoms with Crippen LogP contribution in [0.15, 0.2) is 53.0 Å². The Balaban J connectivity index is 1.96. The van der Waals surface area contributed by atoms with Gasteiger partial charge in [0.05, 0.1) is 0 Å². The first-order valence-corrected chi connectivity index (χ1v) is 8.25. The van der Waals surface area contributed by atoms with Gasteiger partial charge in [0.25, 0.3) is 0 Å².